The zero-order valence-corrected chi connectivity index (χ0v) is 14.4. The predicted octanol–water partition coefficient (Wildman–Crippen LogP) is 1.90. The van der Waals surface area contributed by atoms with Crippen LogP contribution in [0.3, 0.4) is 0 Å². The summed E-state index contributed by atoms with van der Waals surface area (Å²) in [4.78, 5) is 0. The maximum absolute atomic E-state index is 9.73. The molecule has 6 heteroatoms. The van der Waals surface area contributed by atoms with Gasteiger partial charge in [0.25, 0.3) is 0 Å². The second kappa shape index (κ2) is 9.84. The van der Waals surface area contributed by atoms with E-state index >= 15 is 0 Å². The lowest BCUT2D eigenvalue weighted by molar-refractivity contribution is -0.221. The van der Waals surface area contributed by atoms with Gasteiger partial charge in [0, 0.05) is 19.4 Å². The van der Waals surface area contributed by atoms with Crippen LogP contribution in [0.5, 0.6) is 11.5 Å². The Bertz CT molecular complexity index is 492. The first-order valence-electron chi connectivity index (χ1n) is 8.43. The molecule has 3 atom stereocenters. The second-order valence-corrected chi connectivity index (χ2v) is 6.01. The number of benzene rings is 1. The molecule has 1 aromatic carbocycles. The molecule has 1 saturated heterocycles. The highest BCUT2D eigenvalue weighted by atomic mass is 16.7. The molecule has 1 aliphatic rings. The van der Waals surface area contributed by atoms with E-state index in [1.807, 2.05) is 18.2 Å². The van der Waals surface area contributed by atoms with E-state index in [9.17, 15) is 5.11 Å². The highest BCUT2D eigenvalue weighted by Gasteiger charge is 2.28. The first-order chi connectivity index (χ1) is 11.7. The third-order valence-corrected chi connectivity index (χ3v) is 4.16. The normalized spacial score (nSPS) is 23.9. The molecule has 0 aliphatic carbocycles. The highest BCUT2D eigenvalue weighted by molar-refractivity contribution is 5.42. The van der Waals surface area contributed by atoms with Gasteiger partial charge in [-0.15, -0.1) is 0 Å². The molecular weight excluding hydrogens is 312 g/mol. The number of hydrogen-bond donors (Lipinski definition) is 2. The zero-order chi connectivity index (χ0) is 17.4. The number of hydrogen-bond acceptors (Lipinski definition) is 6. The highest BCUT2D eigenvalue weighted by Crippen LogP contribution is 2.28. The molecule has 0 spiro atoms. The summed E-state index contributed by atoms with van der Waals surface area (Å²) in [6.07, 6.45) is 2.52. The van der Waals surface area contributed by atoms with E-state index in [-0.39, 0.29) is 12.7 Å². The van der Waals surface area contributed by atoms with Crippen molar-refractivity contribution in [2.45, 2.75) is 50.6 Å². The Balaban J connectivity index is 1.68. The van der Waals surface area contributed by atoms with Crippen molar-refractivity contribution in [3.8, 4) is 11.5 Å². The summed E-state index contributed by atoms with van der Waals surface area (Å²) in [6, 6.07) is 5.94. The lowest BCUT2D eigenvalue weighted by Crippen LogP contribution is -2.39. The molecule has 0 radical (unpaired) electrons. The average molecular weight is 340 g/mol. The third-order valence-electron chi connectivity index (χ3n) is 4.16. The molecule has 1 fully saturated rings. The topological polar surface area (TPSA) is 77.4 Å². The number of ether oxygens (including phenoxy) is 4. The van der Waals surface area contributed by atoms with E-state index in [0.29, 0.717) is 19.4 Å². The molecule has 0 saturated carbocycles. The fourth-order valence-corrected chi connectivity index (χ4v) is 2.85. The fourth-order valence-electron chi connectivity index (χ4n) is 2.85. The largest absolute Gasteiger partial charge is 0.493 e. The van der Waals surface area contributed by atoms with E-state index in [1.54, 1.807) is 14.2 Å². The molecule has 2 rings (SSSR count). The molecule has 3 unspecified atom stereocenters. The quantitative estimate of drug-likeness (QED) is 0.669. The van der Waals surface area contributed by atoms with Crippen molar-refractivity contribution in [3.63, 3.8) is 0 Å². The van der Waals surface area contributed by atoms with Crippen molar-refractivity contribution < 1.29 is 29.2 Å². The summed E-state index contributed by atoms with van der Waals surface area (Å²) in [5.74, 6) is 1.47. The molecule has 2 N–H and O–H groups in total. The van der Waals surface area contributed by atoms with Gasteiger partial charge in [0.05, 0.1) is 33.0 Å². The zero-order valence-electron chi connectivity index (χ0n) is 14.4. The fraction of sp³-hybridized carbons (Fsp3) is 0.667. The number of unbranched alkanes of at least 4 members (excludes halogenated alkanes) is 1. The van der Waals surface area contributed by atoms with Crippen LogP contribution in [0, 0.1) is 0 Å². The SMILES string of the molecule is COc1ccc(CCCCOC2CC(O)CC(CO)O2)cc1OC. The van der Waals surface area contributed by atoms with Gasteiger partial charge in [-0.2, -0.15) is 0 Å². The average Bonchev–Trinajstić information content (AvgIpc) is 2.60. The van der Waals surface area contributed by atoms with Crippen LogP contribution < -0.4 is 9.47 Å². The predicted molar refractivity (Wildman–Crippen MR) is 89.4 cm³/mol. The Morgan fingerprint density at radius 1 is 1.12 bits per heavy atom. The van der Waals surface area contributed by atoms with Gasteiger partial charge in [0.2, 0.25) is 0 Å². The van der Waals surface area contributed by atoms with E-state index in [2.05, 4.69) is 0 Å². The lowest BCUT2D eigenvalue weighted by Gasteiger charge is -2.32. The van der Waals surface area contributed by atoms with Crippen LogP contribution in [-0.2, 0) is 15.9 Å². The maximum atomic E-state index is 9.73. The van der Waals surface area contributed by atoms with E-state index in [4.69, 9.17) is 24.1 Å². The third kappa shape index (κ3) is 5.63. The molecule has 0 aromatic heterocycles. The first-order valence-corrected chi connectivity index (χ1v) is 8.43. The minimum atomic E-state index is -0.465. The number of aliphatic hydroxyl groups is 2. The number of aryl methyl sites for hydroxylation is 1. The van der Waals surface area contributed by atoms with E-state index in [0.717, 1.165) is 30.8 Å². The molecule has 1 aromatic rings. The number of aliphatic hydroxyl groups excluding tert-OH is 2. The van der Waals surface area contributed by atoms with Crippen LogP contribution in [0.1, 0.15) is 31.2 Å². The van der Waals surface area contributed by atoms with Crippen LogP contribution in [-0.4, -0.2) is 56.1 Å². The monoisotopic (exact) mass is 340 g/mol. The second-order valence-electron chi connectivity index (χ2n) is 6.01. The Morgan fingerprint density at radius 3 is 2.62 bits per heavy atom. The molecule has 0 amide bonds. The molecule has 6 nitrogen and oxygen atoms in total. The molecule has 0 bridgehead atoms. The molecule has 1 aliphatic heterocycles. The van der Waals surface area contributed by atoms with Crippen molar-refractivity contribution in [1.29, 1.82) is 0 Å². The van der Waals surface area contributed by atoms with Gasteiger partial charge in [0.15, 0.2) is 17.8 Å². The Labute approximate surface area is 143 Å². The van der Waals surface area contributed by atoms with Gasteiger partial charge in [0.1, 0.15) is 0 Å². The van der Waals surface area contributed by atoms with Crippen molar-refractivity contribution in [2.24, 2.45) is 0 Å². The van der Waals surface area contributed by atoms with Gasteiger partial charge in [-0.25, -0.2) is 0 Å². The van der Waals surface area contributed by atoms with Gasteiger partial charge >= 0.3 is 0 Å². The summed E-state index contributed by atoms with van der Waals surface area (Å²) in [5.41, 5.74) is 1.19. The van der Waals surface area contributed by atoms with Crippen molar-refractivity contribution in [3.05, 3.63) is 23.8 Å². The molecule has 24 heavy (non-hydrogen) atoms. The van der Waals surface area contributed by atoms with E-state index in [1.165, 1.54) is 5.56 Å². The summed E-state index contributed by atoms with van der Waals surface area (Å²) in [5, 5.41) is 18.9. The summed E-state index contributed by atoms with van der Waals surface area (Å²) in [6.45, 7) is 0.485. The van der Waals surface area contributed by atoms with Gasteiger partial charge in [-0.05, 0) is 37.0 Å². The molecule has 136 valence electrons. The van der Waals surface area contributed by atoms with Crippen molar-refractivity contribution >= 4 is 0 Å². The Hall–Kier alpha value is -1.34. The first kappa shape index (κ1) is 19.0. The van der Waals surface area contributed by atoms with Crippen LogP contribution >= 0.6 is 0 Å². The van der Waals surface area contributed by atoms with Gasteiger partial charge in [-0.3, -0.25) is 0 Å². The summed E-state index contributed by atoms with van der Waals surface area (Å²) in [7, 11) is 3.26. The molecular formula is C18H28O6. The van der Waals surface area contributed by atoms with Crippen LogP contribution in [0.25, 0.3) is 0 Å². The Kier molecular flexibility index (Phi) is 7.78. The maximum Gasteiger partial charge on any atom is 0.160 e. The minimum absolute atomic E-state index is 0.0871. The van der Waals surface area contributed by atoms with Gasteiger partial charge < -0.3 is 29.2 Å². The summed E-state index contributed by atoms with van der Waals surface area (Å²) >= 11 is 0. The smallest absolute Gasteiger partial charge is 0.160 e. The van der Waals surface area contributed by atoms with Crippen molar-refractivity contribution in [2.75, 3.05) is 27.4 Å². The van der Waals surface area contributed by atoms with Crippen molar-refractivity contribution in [1.82, 2.24) is 0 Å². The van der Waals surface area contributed by atoms with E-state index < -0.39 is 12.4 Å². The van der Waals surface area contributed by atoms with Crippen LogP contribution in [0.2, 0.25) is 0 Å². The van der Waals surface area contributed by atoms with Gasteiger partial charge in [-0.1, -0.05) is 6.07 Å². The van der Waals surface area contributed by atoms with Crippen LogP contribution in [0.4, 0.5) is 0 Å². The number of rotatable bonds is 9. The lowest BCUT2D eigenvalue weighted by atomic mass is 10.1. The minimum Gasteiger partial charge on any atom is -0.493 e. The summed E-state index contributed by atoms with van der Waals surface area (Å²) < 4.78 is 21.8. The van der Waals surface area contributed by atoms with Crippen LogP contribution in [0.15, 0.2) is 18.2 Å². The standard InChI is InChI=1S/C18H28O6/c1-21-16-7-6-13(9-17(16)22-2)5-3-4-8-23-18-11-14(20)10-15(12-19)24-18/h6-7,9,14-15,18-20H,3-5,8,10-12H2,1-2H3. The number of methoxy groups -OCH3 is 2. The molecule has 1 heterocycles. The Morgan fingerprint density at radius 2 is 1.92 bits per heavy atom.